The number of rotatable bonds is 5. The average molecular weight is 317 g/mol. The Morgan fingerprint density at radius 1 is 1.48 bits per heavy atom. The molecule has 5 atom stereocenters. The maximum atomic E-state index is 10.3. The van der Waals surface area contributed by atoms with Gasteiger partial charge in [0.1, 0.15) is 6.10 Å². The summed E-state index contributed by atoms with van der Waals surface area (Å²) in [6, 6.07) is 4.58. The Hall–Kier alpha value is -1.26. The lowest BCUT2D eigenvalue weighted by atomic mass is 9.86. The molecule has 1 aromatic rings. The zero-order valence-corrected chi connectivity index (χ0v) is 14.5. The van der Waals surface area contributed by atoms with Gasteiger partial charge >= 0.3 is 0 Å². The molecule has 126 valence electrons. The molecule has 0 aromatic heterocycles. The van der Waals surface area contributed by atoms with Crippen LogP contribution < -0.4 is 9.47 Å². The Morgan fingerprint density at radius 3 is 2.91 bits per heavy atom. The molecule has 1 spiro atoms. The van der Waals surface area contributed by atoms with Crippen LogP contribution in [-0.4, -0.2) is 42.9 Å². The van der Waals surface area contributed by atoms with Crippen molar-refractivity contribution in [1.82, 2.24) is 4.90 Å². The topological polar surface area (TPSA) is 41.9 Å². The number of ether oxygens (including phenoxy) is 2. The second-order valence-corrected chi connectivity index (χ2v) is 7.48. The highest BCUT2D eigenvalue weighted by atomic mass is 16.5. The molecule has 1 N–H and O–H groups in total. The molecule has 2 saturated carbocycles. The molecule has 4 heteroatoms. The molecular weight excluding hydrogens is 290 g/mol. The Kier molecular flexibility index (Phi) is 3.40. The van der Waals surface area contributed by atoms with Gasteiger partial charge < -0.3 is 14.6 Å². The van der Waals surface area contributed by atoms with Gasteiger partial charge in [-0.05, 0) is 50.9 Å². The Morgan fingerprint density at radius 2 is 2.26 bits per heavy atom. The summed E-state index contributed by atoms with van der Waals surface area (Å²) in [5.41, 5.74) is 2.70. The Bertz CT molecular complexity index is 631. The standard InChI is InChI=1S/C19H27NO3/c1-5-8-20(3)11(2)12-6-7-15(22-4)18-17(12)19-10-13(19)14(21)9-16(19)23-18/h6-7,11,13-14,16,21H,5,8-10H2,1-4H3/t11?,13?,14-,16+,19?/m1/s1. The van der Waals surface area contributed by atoms with Gasteiger partial charge in [-0.15, -0.1) is 0 Å². The number of aliphatic hydroxyl groups excluding tert-OH is 1. The van der Waals surface area contributed by atoms with Gasteiger partial charge in [0.05, 0.1) is 13.2 Å². The van der Waals surface area contributed by atoms with Crippen molar-refractivity contribution >= 4 is 0 Å². The fourth-order valence-electron chi connectivity index (χ4n) is 4.96. The van der Waals surface area contributed by atoms with Crippen LogP contribution in [0, 0.1) is 5.92 Å². The fraction of sp³-hybridized carbons (Fsp3) is 0.684. The summed E-state index contributed by atoms with van der Waals surface area (Å²) in [6.45, 7) is 5.56. The third kappa shape index (κ3) is 1.91. The predicted octanol–water partition coefficient (Wildman–Crippen LogP) is 2.88. The lowest BCUT2D eigenvalue weighted by Crippen LogP contribution is -2.27. The second-order valence-electron chi connectivity index (χ2n) is 7.48. The SMILES string of the molecule is CCCN(C)C(C)c1ccc(OC)c2c1C13CC1[C@H](O)C[C@@H]3O2. The van der Waals surface area contributed by atoms with E-state index < -0.39 is 0 Å². The van der Waals surface area contributed by atoms with E-state index in [1.807, 2.05) is 6.07 Å². The van der Waals surface area contributed by atoms with Crippen LogP contribution in [0.1, 0.15) is 50.3 Å². The zero-order chi connectivity index (χ0) is 16.4. The molecule has 0 bridgehead atoms. The number of nitrogens with zero attached hydrogens (tertiary/aromatic N) is 1. The summed E-state index contributed by atoms with van der Waals surface area (Å²) in [5.74, 6) is 2.13. The van der Waals surface area contributed by atoms with Crippen molar-refractivity contribution in [2.45, 2.75) is 56.8 Å². The van der Waals surface area contributed by atoms with Crippen LogP contribution in [0.25, 0.3) is 0 Å². The summed E-state index contributed by atoms with van der Waals surface area (Å²) in [7, 11) is 3.89. The van der Waals surface area contributed by atoms with Gasteiger partial charge in [-0.2, -0.15) is 0 Å². The highest BCUT2D eigenvalue weighted by molar-refractivity contribution is 5.63. The molecule has 4 nitrogen and oxygen atoms in total. The van der Waals surface area contributed by atoms with E-state index >= 15 is 0 Å². The van der Waals surface area contributed by atoms with Gasteiger partial charge in [-0.3, -0.25) is 4.90 Å². The maximum Gasteiger partial charge on any atom is 0.165 e. The fourth-order valence-corrected chi connectivity index (χ4v) is 4.96. The van der Waals surface area contributed by atoms with E-state index in [4.69, 9.17) is 9.47 Å². The van der Waals surface area contributed by atoms with Crippen LogP contribution in [0.3, 0.4) is 0 Å². The largest absolute Gasteiger partial charge is 0.493 e. The monoisotopic (exact) mass is 317 g/mol. The van der Waals surface area contributed by atoms with Crippen molar-refractivity contribution in [2.75, 3.05) is 20.7 Å². The quantitative estimate of drug-likeness (QED) is 0.907. The van der Waals surface area contributed by atoms with E-state index in [-0.39, 0.29) is 17.6 Å². The van der Waals surface area contributed by atoms with Crippen molar-refractivity contribution < 1.29 is 14.6 Å². The summed E-state index contributed by atoms with van der Waals surface area (Å²) < 4.78 is 11.8. The van der Waals surface area contributed by atoms with Crippen molar-refractivity contribution in [1.29, 1.82) is 0 Å². The first-order valence-corrected chi connectivity index (χ1v) is 8.80. The van der Waals surface area contributed by atoms with Gasteiger partial charge in [-0.25, -0.2) is 0 Å². The summed E-state index contributed by atoms with van der Waals surface area (Å²) in [5, 5.41) is 10.3. The van der Waals surface area contributed by atoms with Crippen LogP contribution in [0.5, 0.6) is 11.5 Å². The van der Waals surface area contributed by atoms with Crippen molar-refractivity contribution in [3.8, 4) is 11.5 Å². The highest BCUT2D eigenvalue weighted by Gasteiger charge is 2.73. The first-order chi connectivity index (χ1) is 11.0. The van der Waals surface area contributed by atoms with E-state index in [2.05, 4.69) is 31.9 Å². The number of methoxy groups -OCH3 is 1. The lowest BCUT2D eigenvalue weighted by molar-refractivity contribution is 0.122. The second kappa shape index (κ2) is 5.12. The molecule has 23 heavy (non-hydrogen) atoms. The minimum absolute atomic E-state index is 0.0416. The molecule has 3 unspecified atom stereocenters. The maximum absolute atomic E-state index is 10.3. The molecule has 0 amide bonds. The van der Waals surface area contributed by atoms with E-state index in [0.717, 1.165) is 37.3 Å². The van der Waals surface area contributed by atoms with Crippen LogP contribution in [0.4, 0.5) is 0 Å². The van der Waals surface area contributed by atoms with Crippen LogP contribution >= 0.6 is 0 Å². The summed E-state index contributed by atoms with van der Waals surface area (Å²) >= 11 is 0. The van der Waals surface area contributed by atoms with Gasteiger partial charge in [0, 0.05) is 23.4 Å². The van der Waals surface area contributed by atoms with Gasteiger partial charge in [0.2, 0.25) is 0 Å². The van der Waals surface area contributed by atoms with E-state index in [1.165, 1.54) is 11.1 Å². The number of hydrogen-bond donors (Lipinski definition) is 1. The Balaban J connectivity index is 1.80. The number of aliphatic hydroxyl groups is 1. The van der Waals surface area contributed by atoms with Crippen molar-refractivity contribution in [2.24, 2.45) is 5.92 Å². The molecule has 0 saturated heterocycles. The van der Waals surface area contributed by atoms with Gasteiger partial charge in [-0.1, -0.05) is 13.0 Å². The predicted molar refractivity (Wildman–Crippen MR) is 89.2 cm³/mol. The first kappa shape index (κ1) is 15.3. The number of hydrogen-bond acceptors (Lipinski definition) is 4. The normalized spacial score (nSPS) is 34.6. The molecule has 4 rings (SSSR count). The smallest absolute Gasteiger partial charge is 0.165 e. The molecule has 1 aromatic carbocycles. The number of benzene rings is 1. The summed E-state index contributed by atoms with van der Waals surface area (Å²) in [6.07, 6.45) is 2.86. The van der Waals surface area contributed by atoms with E-state index in [9.17, 15) is 5.11 Å². The molecular formula is C19H27NO3. The highest BCUT2D eigenvalue weighted by Crippen LogP contribution is 2.71. The van der Waals surface area contributed by atoms with E-state index in [0.29, 0.717) is 12.0 Å². The molecule has 1 aliphatic heterocycles. The molecule has 2 aliphatic carbocycles. The third-order valence-electron chi connectivity index (χ3n) is 6.34. The van der Waals surface area contributed by atoms with Crippen LogP contribution in [0.15, 0.2) is 12.1 Å². The minimum atomic E-state index is -0.212. The molecule has 1 heterocycles. The van der Waals surface area contributed by atoms with Gasteiger partial charge in [0.25, 0.3) is 0 Å². The first-order valence-electron chi connectivity index (χ1n) is 8.80. The minimum Gasteiger partial charge on any atom is -0.493 e. The average Bonchev–Trinajstić information content (AvgIpc) is 3.12. The van der Waals surface area contributed by atoms with Crippen LogP contribution in [0.2, 0.25) is 0 Å². The molecule has 2 fully saturated rings. The number of fused-ring (bicyclic) bond motifs is 1. The molecule has 0 radical (unpaired) electrons. The van der Waals surface area contributed by atoms with Crippen molar-refractivity contribution in [3.63, 3.8) is 0 Å². The lowest BCUT2D eigenvalue weighted by Gasteiger charge is -2.27. The third-order valence-corrected chi connectivity index (χ3v) is 6.34. The van der Waals surface area contributed by atoms with Gasteiger partial charge in [0.15, 0.2) is 11.5 Å². The molecule has 3 aliphatic rings. The van der Waals surface area contributed by atoms with E-state index in [1.54, 1.807) is 7.11 Å². The summed E-state index contributed by atoms with van der Waals surface area (Å²) in [4.78, 5) is 2.40. The van der Waals surface area contributed by atoms with Crippen molar-refractivity contribution in [3.05, 3.63) is 23.3 Å². The Labute approximate surface area is 138 Å². The zero-order valence-electron chi connectivity index (χ0n) is 14.5. The van der Waals surface area contributed by atoms with Crippen LogP contribution in [-0.2, 0) is 5.41 Å².